The molecule has 0 unspecified atom stereocenters. The first kappa shape index (κ1) is 18.1. The van der Waals surface area contributed by atoms with Gasteiger partial charge in [0, 0.05) is 10.8 Å². The quantitative estimate of drug-likeness (QED) is 0.832. The Hall–Kier alpha value is -2.66. The lowest BCUT2D eigenvalue weighted by atomic mass is 9.81. The molecule has 2 heterocycles. The number of benzene rings is 2. The zero-order valence-corrected chi connectivity index (χ0v) is 15.2. The fourth-order valence-corrected chi connectivity index (χ4v) is 3.04. The summed E-state index contributed by atoms with van der Waals surface area (Å²) < 4.78 is 10.4. The highest BCUT2D eigenvalue weighted by Crippen LogP contribution is 2.32. The van der Waals surface area contributed by atoms with Gasteiger partial charge in [-0.15, -0.1) is 0 Å². The Kier molecular flexibility index (Phi) is 5.09. The van der Waals surface area contributed by atoms with Gasteiger partial charge in [-0.25, -0.2) is 0 Å². The van der Waals surface area contributed by atoms with Crippen LogP contribution in [-0.4, -0.2) is 26.4 Å². The summed E-state index contributed by atoms with van der Waals surface area (Å²) >= 11 is 0. The van der Waals surface area contributed by atoms with Crippen molar-refractivity contribution in [3.63, 3.8) is 0 Å². The van der Waals surface area contributed by atoms with Gasteiger partial charge in [0.2, 0.25) is 0 Å². The molecular formula is C22H22N2O2. The van der Waals surface area contributed by atoms with E-state index in [0.717, 1.165) is 26.4 Å². The van der Waals surface area contributed by atoms with Crippen LogP contribution in [0.3, 0.4) is 0 Å². The largest absolute Gasteiger partial charge is 0.379 e. The number of hydrogen-bond donors (Lipinski definition) is 0. The van der Waals surface area contributed by atoms with Crippen molar-refractivity contribution in [3.05, 3.63) is 70.8 Å². The predicted molar refractivity (Wildman–Crippen MR) is 98.7 cm³/mol. The molecule has 26 heavy (non-hydrogen) atoms. The molecule has 0 spiro atoms. The van der Waals surface area contributed by atoms with Crippen LogP contribution in [0, 0.1) is 22.7 Å². The van der Waals surface area contributed by atoms with Crippen molar-refractivity contribution >= 4 is 0 Å². The first-order valence-corrected chi connectivity index (χ1v) is 8.66. The van der Waals surface area contributed by atoms with Crippen LogP contribution in [0.5, 0.6) is 0 Å². The number of hydrogen-bond acceptors (Lipinski definition) is 4. The smallest absolute Gasteiger partial charge is 0.0991 e. The lowest BCUT2D eigenvalue weighted by molar-refractivity contribution is -0.0500. The second-order valence-electron chi connectivity index (χ2n) is 7.49. The Labute approximate surface area is 154 Å². The normalized spacial score (nSPS) is 18.8. The van der Waals surface area contributed by atoms with Crippen molar-refractivity contribution in [1.82, 2.24) is 0 Å². The van der Waals surface area contributed by atoms with Gasteiger partial charge < -0.3 is 9.47 Å². The third-order valence-corrected chi connectivity index (χ3v) is 5.10. The monoisotopic (exact) mass is 346 g/mol. The molecule has 4 nitrogen and oxygen atoms in total. The Morgan fingerprint density at radius 3 is 1.15 bits per heavy atom. The van der Waals surface area contributed by atoms with Crippen LogP contribution in [0.2, 0.25) is 0 Å². The molecule has 2 aliphatic rings. The van der Waals surface area contributed by atoms with Gasteiger partial charge >= 0.3 is 0 Å². The van der Waals surface area contributed by atoms with E-state index in [1.165, 1.54) is 11.1 Å². The van der Waals surface area contributed by atoms with Crippen molar-refractivity contribution in [2.24, 2.45) is 0 Å². The van der Waals surface area contributed by atoms with E-state index in [0.29, 0.717) is 11.1 Å². The third-order valence-electron chi connectivity index (χ3n) is 5.10. The summed E-state index contributed by atoms with van der Waals surface area (Å²) in [6.45, 7) is 7.52. The number of nitriles is 2. The SMILES string of the molecule is CC1(c2ccc(C#N)cc2)COC1.CC1(c2ccc(C#N)cc2)COC1. The molecule has 2 aromatic rings. The van der Waals surface area contributed by atoms with E-state index < -0.39 is 0 Å². The first-order valence-electron chi connectivity index (χ1n) is 8.66. The molecule has 2 fully saturated rings. The van der Waals surface area contributed by atoms with Crippen LogP contribution in [0.15, 0.2) is 48.5 Å². The highest BCUT2D eigenvalue weighted by Gasteiger charge is 2.35. The minimum absolute atomic E-state index is 0.175. The molecule has 2 saturated heterocycles. The topological polar surface area (TPSA) is 66.0 Å². The predicted octanol–water partition coefficient (Wildman–Crippen LogP) is 3.69. The summed E-state index contributed by atoms with van der Waals surface area (Å²) in [4.78, 5) is 0. The van der Waals surface area contributed by atoms with Gasteiger partial charge in [0.15, 0.2) is 0 Å². The van der Waals surface area contributed by atoms with Crippen LogP contribution >= 0.6 is 0 Å². The summed E-state index contributed by atoms with van der Waals surface area (Å²) in [6, 6.07) is 19.7. The van der Waals surface area contributed by atoms with Crippen LogP contribution in [0.1, 0.15) is 36.1 Å². The van der Waals surface area contributed by atoms with Crippen molar-refractivity contribution in [3.8, 4) is 12.1 Å². The minimum Gasteiger partial charge on any atom is -0.379 e. The molecule has 0 aliphatic carbocycles. The lowest BCUT2D eigenvalue weighted by Gasteiger charge is -2.38. The Morgan fingerprint density at radius 1 is 0.654 bits per heavy atom. The van der Waals surface area contributed by atoms with Gasteiger partial charge in [-0.3, -0.25) is 0 Å². The summed E-state index contributed by atoms with van der Waals surface area (Å²) in [7, 11) is 0. The molecule has 2 aromatic carbocycles. The summed E-state index contributed by atoms with van der Waals surface area (Å²) in [5.41, 5.74) is 4.30. The number of rotatable bonds is 2. The van der Waals surface area contributed by atoms with Crippen LogP contribution in [0.25, 0.3) is 0 Å². The van der Waals surface area contributed by atoms with Gasteiger partial charge in [-0.05, 0) is 35.4 Å². The maximum Gasteiger partial charge on any atom is 0.0991 e. The molecule has 0 saturated carbocycles. The molecular weight excluding hydrogens is 324 g/mol. The molecule has 0 radical (unpaired) electrons. The molecule has 0 bridgehead atoms. The molecule has 0 aromatic heterocycles. The average molecular weight is 346 g/mol. The van der Waals surface area contributed by atoms with Gasteiger partial charge in [0.05, 0.1) is 49.7 Å². The fourth-order valence-electron chi connectivity index (χ4n) is 3.04. The van der Waals surface area contributed by atoms with Crippen molar-refractivity contribution < 1.29 is 9.47 Å². The van der Waals surface area contributed by atoms with Crippen LogP contribution < -0.4 is 0 Å². The third kappa shape index (κ3) is 3.63. The van der Waals surface area contributed by atoms with E-state index in [9.17, 15) is 0 Å². The molecule has 4 rings (SSSR count). The average Bonchev–Trinajstić information content (AvgIpc) is 2.65. The number of ether oxygens (including phenoxy) is 2. The molecule has 0 atom stereocenters. The summed E-state index contributed by atoms with van der Waals surface area (Å²) in [5.74, 6) is 0. The molecule has 132 valence electrons. The Balaban J connectivity index is 0.000000151. The zero-order chi connectivity index (χ0) is 18.6. The Bertz CT molecular complexity index is 760. The highest BCUT2D eigenvalue weighted by atomic mass is 16.5. The molecule has 2 aliphatic heterocycles. The summed E-state index contributed by atoms with van der Waals surface area (Å²) in [6.07, 6.45) is 0. The van der Waals surface area contributed by atoms with Gasteiger partial charge in [0.25, 0.3) is 0 Å². The maximum atomic E-state index is 8.63. The lowest BCUT2D eigenvalue weighted by Crippen LogP contribution is -2.43. The summed E-state index contributed by atoms with van der Waals surface area (Å²) in [5, 5.41) is 17.3. The van der Waals surface area contributed by atoms with Crippen LogP contribution in [0.4, 0.5) is 0 Å². The standard InChI is InChI=1S/2C11H11NO/c2*1-11(7-13-8-11)10-4-2-9(6-12)3-5-10/h2*2-5H,7-8H2,1H3. The minimum atomic E-state index is 0.175. The van der Waals surface area contributed by atoms with Gasteiger partial charge in [-0.2, -0.15) is 10.5 Å². The second-order valence-corrected chi connectivity index (χ2v) is 7.49. The maximum absolute atomic E-state index is 8.63. The molecule has 0 N–H and O–H groups in total. The van der Waals surface area contributed by atoms with Gasteiger partial charge in [-0.1, -0.05) is 38.1 Å². The van der Waals surface area contributed by atoms with Crippen molar-refractivity contribution in [2.45, 2.75) is 24.7 Å². The second kappa shape index (κ2) is 7.30. The van der Waals surface area contributed by atoms with E-state index in [-0.39, 0.29) is 10.8 Å². The molecule has 0 amide bonds. The first-order chi connectivity index (χ1) is 12.5. The fraction of sp³-hybridized carbons (Fsp3) is 0.364. The number of nitrogens with zero attached hydrogens (tertiary/aromatic N) is 2. The van der Waals surface area contributed by atoms with E-state index >= 15 is 0 Å². The zero-order valence-electron chi connectivity index (χ0n) is 15.2. The van der Waals surface area contributed by atoms with E-state index in [1.807, 2.05) is 48.5 Å². The highest BCUT2D eigenvalue weighted by molar-refractivity contribution is 5.36. The Morgan fingerprint density at radius 2 is 0.962 bits per heavy atom. The van der Waals surface area contributed by atoms with Crippen molar-refractivity contribution in [1.29, 1.82) is 10.5 Å². The van der Waals surface area contributed by atoms with Crippen molar-refractivity contribution in [2.75, 3.05) is 26.4 Å². The van der Waals surface area contributed by atoms with Crippen LogP contribution in [-0.2, 0) is 20.3 Å². The van der Waals surface area contributed by atoms with E-state index in [4.69, 9.17) is 20.0 Å². The van der Waals surface area contributed by atoms with Gasteiger partial charge in [0.1, 0.15) is 0 Å². The van der Waals surface area contributed by atoms with E-state index in [1.54, 1.807) is 0 Å². The van der Waals surface area contributed by atoms with E-state index in [2.05, 4.69) is 26.0 Å². The molecule has 4 heteroatoms.